The van der Waals surface area contributed by atoms with Gasteiger partial charge in [-0.2, -0.15) is 0 Å². The van der Waals surface area contributed by atoms with Crippen LogP contribution in [-0.2, 0) is 13.1 Å². The maximum absolute atomic E-state index is 13.5. The third-order valence-corrected chi connectivity index (χ3v) is 4.54. The van der Waals surface area contributed by atoms with Crippen molar-refractivity contribution in [3.05, 3.63) is 59.1 Å². The van der Waals surface area contributed by atoms with E-state index >= 15 is 0 Å². The number of ether oxygens (including phenoxy) is 2. The zero-order chi connectivity index (χ0) is 20.1. The number of methoxy groups -OCH3 is 2. The number of benzene rings is 2. The molecule has 0 amide bonds. The first kappa shape index (κ1) is 19.5. The molecule has 0 bridgehead atoms. The highest BCUT2D eigenvalue weighted by Crippen LogP contribution is 2.27. The van der Waals surface area contributed by atoms with Crippen LogP contribution in [0.1, 0.15) is 16.9 Å². The number of hydrogen-bond donors (Lipinski definition) is 2. The third kappa shape index (κ3) is 4.19. The Bertz CT molecular complexity index is 998. The highest BCUT2D eigenvalue weighted by molar-refractivity contribution is 5.83. The van der Waals surface area contributed by atoms with Crippen molar-refractivity contribution in [3.63, 3.8) is 0 Å². The van der Waals surface area contributed by atoms with Crippen LogP contribution in [0.2, 0.25) is 0 Å². The fourth-order valence-electron chi connectivity index (χ4n) is 2.97. The molecule has 0 unspecified atom stereocenters. The molecule has 1 heterocycles. The number of fused-ring (bicyclic) bond motifs is 1. The highest BCUT2D eigenvalue weighted by atomic mass is 19.1. The summed E-state index contributed by atoms with van der Waals surface area (Å²) in [6.07, 6.45) is 0. The minimum Gasteiger partial charge on any atom is -0.493 e. The zero-order valence-corrected chi connectivity index (χ0v) is 16.4. The average molecular weight is 385 g/mol. The van der Waals surface area contributed by atoms with Crippen molar-refractivity contribution >= 4 is 16.9 Å². The third-order valence-electron chi connectivity index (χ3n) is 4.54. The normalized spacial score (nSPS) is 11.5. The van der Waals surface area contributed by atoms with Gasteiger partial charge in [0.2, 0.25) is 0 Å². The second-order valence-electron chi connectivity index (χ2n) is 6.26. The number of halogens is 1. The molecule has 0 atom stereocenters. The van der Waals surface area contributed by atoms with Crippen LogP contribution < -0.4 is 20.1 Å². The lowest BCUT2D eigenvalue weighted by Crippen LogP contribution is -2.36. The molecule has 0 aliphatic carbocycles. The molecule has 2 N–H and O–H groups in total. The minimum atomic E-state index is -0.275. The fraction of sp³-hybridized carbons (Fsp3) is 0.286. The Morgan fingerprint density at radius 2 is 1.79 bits per heavy atom. The predicted octanol–water partition coefficient (Wildman–Crippen LogP) is 3.76. The highest BCUT2D eigenvalue weighted by Gasteiger charge is 2.12. The summed E-state index contributed by atoms with van der Waals surface area (Å²) >= 11 is 0. The van der Waals surface area contributed by atoms with Gasteiger partial charge in [-0.25, -0.2) is 4.39 Å². The van der Waals surface area contributed by atoms with E-state index in [0.717, 1.165) is 22.3 Å². The van der Waals surface area contributed by atoms with Gasteiger partial charge in [-0.1, -0.05) is 6.07 Å². The van der Waals surface area contributed by atoms with Crippen molar-refractivity contribution in [2.24, 2.45) is 4.99 Å². The van der Waals surface area contributed by atoms with Gasteiger partial charge in [-0.15, -0.1) is 0 Å². The van der Waals surface area contributed by atoms with Gasteiger partial charge in [-0.3, -0.25) is 4.99 Å². The smallest absolute Gasteiger partial charge is 0.191 e. The van der Waals surface area contributed by atoms with E-state index in [0.29, 0.717) is 36.1 Å². The molecule has 0 aliphatic rings. The van der Waals surface area contributed by atoms with Gasteiger partial charge in [0.15, 0.2) is 17.5 Å². The topological polar surface area (TPSA) is 68.0 Å². The van der Waals surface area contributed by atoms with Gasteiger partial charge in [-0.05, 0) is 42.8 Å². The van der Waals surface area contributed by atoms with Crippen molar-refractivity contribution in [2.75, 3.05) is 21.3 Å². The van der Waals surface area contributed by atoms with Gasteiger partial charge in [0.25, 0.3) is 0 Å². The van der Waals surface area contributed by atoms with Crippen molar-refractivity contribution in [2.45, 2.75) is 20.0 Å². The second-order valence-corrected chi connectivity index (χ2v) is 6.26. The van der Waals surface area contributed by atoms with Gasteiger partial charge in [0.1, 0.15) is 17.2 Å². The maximum atomic E-state index is 13.5. The van der Waals surface area contributed by atoms with E-state index in [9.17, 15) is 4.39 Å². The van der Waals surface area contributed by atoms with Gasteiger partial charge in [0.05, 0.1) is 20.8 Å². The minimum absolute atomic E-state index is 0.275. The predicted molar refractivity (Wildman–Crippen MR) is 107 cm³/mol. The lowest BCUT2D eigenvalue weighted by molar-refractivity contribution is 0.354. The first-order valence-electron chi connectivity index (χ1n) is 8.88. The van der Waals surface area contributed by atoms with Crippen LogP contribution in [0, 0.1) is 12.7 Å². The Morgan fingerprint density at radius 1 is 1.04 bits per heavy atom. The lowest BCUT2D eigenvalue weighted by atomic mass is 10.1. The molecule has 1 aromatic heterocycles. The molecule has 3 aromatic rings. The maximum Gasteiger partial charge on any atom is 0.191 e. The largest absolute Gasteiger partial charge is 0.493 e. The van der Waals surface area contributed by atoms with Crippen LogP contribution in [0.3, 0.4) is 0 Å². The summed E-state index contributed by atoms with van der Waals surface area (Å²) < 4.78 is 29.9. The first-order chi connectivity index (χ1) is 13.5. The Labute approximate surface area is 163 Å². The van der Waals surface area contributed by atoms with Crippen molar-refractivity contribution in [1.29, 1.82) is 0 Å². The molecule has 0 radical (unpaired) electrons. The summed E-state index contributed by atoms with van der Waals surface area (Å²) in [5, 5.41) is 7.25. The van der Waals surface area contributed by atoms with Crippen LogP contribution in [0.15, 0.2) is 45.8 Å². The molecule has 0 spiro atoms. The van der Waals surface area contributed by atoms with E-state index in [1.807, 2.05) is 25.1 Å². The monoisotopic (exact) mass is 385 g/mol. The Hall–Kier alpha value is -3.22. The summed E-state index contributed by atoms with van der Waals surface area (Å²) in [6, 6.07) is 10.3. The van der Waals surface area contributed by atoms with Crippen molar-refractivity contribution < 1.29 is 18.3 Å². The average Bonchev–Trinajstić information content (AvgIpc) is 3.03. The Balaban J connectivity index is 1.63. The van der Waals surface area contributed by atoms with Gasteiger partial charge >= 0.3 is 0 Å². The number of hydrogen-bond acceptors (Lipinski definition) is 4. The molecule has 0 fully saturated rings. The summed E-state index contributed by atoms with van der Waals surface area (Å²) in [7, 11) is 4.91. The van der Waals surface area contributed by atoms with Gasteiger partial charge < -0.3 is 24.5 Å². The number of aryl methyl sites for hydroxylation is 1. The second kappa shape index (κ2) is 8.65. The van der Waals surface area contributed by atoms with Crippen LogP contribution in [0.5, 0.6) is 11.5 Å². The van der Waals surface area contributed by atoms with E-state index in [1.54, 1.807) is 27.3 Å². The molecular weight excluding hydrogens is 361 g/mol. The number of rotatable bonds is 6. The number of furan rings is 1. The fourth-order valence-corrected chi connectivity index (χ4v) is 2.97. The molecule has 2 aromatic carbocycles. The van der Waals surface area contributed by atoms with Crippen LogP contribution in [0.4, 0.5) is 4.39 Å². The SMILES string of the molecule is CN=C(NCc1ccc(OC)c(OC)c1)NCc1oc2ccc(F)cc2c1C. The Morgan fingerprint density at radius 3 is 2.50 bits per heavy atom. The number of nitrogens with one attached hydrogen (secondary N) is 2. The van der Waals surface area contributed by atoms with E-state index < -0.39 is 0 Å². The summed E-state index contributed by atoms with van der Waals surface area (Å²) in [5.41, 5.74) is 2.61. The molecule has 0 aliphatic heterocycles. The zero-order valence-electron chi connectivity index (χ0n) is 16.4. The molecule has 28 heavy (non-hydrogen) atoms. The quantitative estimate of drug-likeness (QED) is 0.500. The molecule has 6 nitrogen and oxygen atoms in total. The Kier molecular flexibility index (Phi) is 6.03. The summed E-state index contributed by atoms with van der Waals surface area (Å²) in [5.74, 6) is 2.46. The molecular formula is C21H24FN3O3. The van der Waals surface area contributed by atoms with Crippen molar-refractivity contribution in [3.8, 4) is 11.5 Å². The molecule has 0 saturated carbocycles. The lowest BCUT2D eigenvalue weighted by Gasteiger charge is -2.13. The van der Waals surface area contributed by atoms with Crippen LogP contribution in [-0.4, -0.2) is 27.2 Å². The van der Waals surface area contributed by atoms with E-state index in [4.69, 9.17) is 13.9 Å². The number of guanidine groups is 1. The van der Waals surface area contributed by atoms with Crippen molar-refractivity contribution in [1.82, 2.24) is 10.6 Å². The standard InChI is InChI=1S/C21H24FN3O3/c1-13-16-10-15(22)6-8-17(16)28-20(13)12-25-21(23-2)24-11-14-5-7-18(26-3)19(9-14)27-4/h5-10H,11-12H2,1-4H3,(H2,23,24,25). The van der Waals surface area contributed by atoms with E-state index in [2.05, 4.69) is 15.6 Å². The van der Waals surface area contributed by atoms with Crippen LogP contribution in [0.25, 0.3) is 11.0 Å². The molecule has 7 heteroatoms. The first-order valence-corrected chi connectivity index (χ1v) is 8.88. The summed E-state index contributed by atoms with van der Waals surface area (Å²) in [6.45, 7) is 2.92. The number of nitrogens with zero attached hydrogens (tertiary/aromatic N) is 1. The molecule has 0 saturated heterocycles. The number of aliphatic imine (C=N–C) groups is 1. The summed E-state index contributed by atoms with van der Waals surface area (Å²) in [4.78, 5) is 4.23. The van der Waals surface area contributed by atoms with E-state index in [1.165, 1.54) is 12.1 Å². The van der Waals surface area contributed by atoms with E-state index in [-0.39, 0.29) is 5.82 Å². The van der Waals surface area contributed by atoms with Crippen LogP contribution >= 0.6 is 0 Å². The molecule has 148 valence electrons. The van der Waals surface area contributed by atoms with Gasteiger partial charge in [0, 0.05) is 24.5 Å². The molecule has 3 rings (SSSR count).